The molecule has 0 saturated carbocycles. The van der Waals surface area contributed by atoms with Crippen molar-refractivity contribution in [1.82, 2.24) is 0 Å². The largest absolute Gasteiger partial charge is 0.465 e. The Balaban J connectivity index is 0.000000468. The minimum atomic E-state index is -3.53. The fourth-order valence-electron chi connectivity index (χ4n) is 2.40. The number of benzene rings is 3. The maximum absolute atomic E-state index is 10.7. The van der Waals surface area contributed by atoms with Crippen LogP contribution in [-0.4, -0.2) is 37.5 Å². The van der Waals surface area contributed by atoms with Gasteiger partial charge in [-0.25, -0.2) is 8.42 Å². The maximum atomic E-state index is 10.7. The number of aryl methyl sites for hydroxylation is 2. The molecule has 0 atom stereocenters. The molecule has 0 heterocycles. The number of carbonyl (C=O) groups is 1. The first-order chi connectivity index (χ1) is 17.6. The highest BCUT2D eigenvalue weighted by atomic mass is 79.9. The Bertz CT molecular complexity index is 1010. The van der Waals surface area contributed by atoms with Gasteiger partial charge in [0, 0.05) is 27.2 Å². The van der Waals surface area contributed by atoms with E-state index in [1.165, 1.54) is 23.3 Å². The zero-order chi connectivity index (χ0) is 27.9. The van der Waals surface area contributed by atoms with Crippen molar-refractivity contribution >= 4 is 69.2 Å². The fourth-order valence-corrected chi connectivity index (χ4v) is 4.03. The molecule has 0 N–H and O–H groups in total. The third-order valence-electron chi connectivity index (χ3n) is 4.27. The third-order valence-corrected chi connectivity index (χ3v) is 6.55. The second-order valence-corrected chi connectivity index (χ2v) is 12.1. The van der Waals surface area contributed by atoms with Gasteiger partial charge in [-0.05, 0) is 36.1 Å². The van der Waals surface area contributed by atoms with E-state index in [-0.39, 0.29) is 16.8 Å². The van der Waals surface area contributed by atoms with Gasteiger partial charge in [0.2, 0.25) is 0 Å². The van der Waals surface area contributed by atoms with Gasteiger partial charge in [-0.1, -0.05) is 125 Å². The molecule has 0 aliphatic rings. The van der Waals surface area contributed by atoms with Crippen molar-refractivity contribution in [3.05, 3.63) is 102 Å². The molecule has 0 spiro atoms. The van der Waals surface area contributed by atoms with Crippen LogP contribution in [0, 0.1) is 5.92 Å². The Morgan fingerprint density at radius 1 is 0.784 bits per heavy atom. The molecule has 3 rings (SSSR count). The molecule has 0 unspecified atom stereocenters. The van der Waals surface area contributed by atoms with E-state index >= 15 is 0 Å². The van der Waals surface area contributed by atoms with E-state index in [0.29, 0.717) is 17.8 Å². The van der Waals surface area contributed by atoms with Crippen molar-refractivity contribution in [1.29, 1.82) is 0 Å². The Kier molecular flexibility index (Phi) is 21.7. The molecule has 0 radical (unpaired) electrons. The summed E-state index contributed by atoms with van der Waals surface area (Å²) in [6.45, 7) is 4.10. The SMILES string of the molecule is BrCCc1ccccc1.CC(C)C(=O)OCCBr.ClCCc1ccccc1.O=S(=O)(Cl)c1ccccc1. The number of carbonyl (C=O) groups excluding carboxylic acids is 1. The van der Waals surface area contributed by atoms with Crippen molar-refractivity contribution < 1.29 is 17.9 Å². The van der Waals surface area contributed by atoms with Crippen LogP contribution < -0.4 is 0 Å². The highest BCUT2D eigenvalue weighted by molar-refractivity contribution is 9.09. The van der Waals surface area contributed by atoms with Crippen LogP contribution in [-0.2, 0) is 31.4 Å². The minimum Gasteiger partial charge on any atom is -0.465 e. The summed E-state index contributed by atoms with van der Waals surface area (Å²) in [5.41, 5.74) is 2.71. The third kappa shape index (κ3) is 20.3. The Labute approximate surface area is 248 Å². The first-order valence-corrected chi connectivity index (χ1v) is 16.7. The van der Waals surface area contributed by atoms with E-state index in [1.807, 2.05) is 38.1 Å². The number of alkyl halides is 3. The molecule has 0 amide bonds. The van der Waals surface area contributed by atoms with E-state index in [1.54, 1.807) is 18.2 Å². The van der Waals surface area contributed by atoms with Gasteiger partial charge in [0.05, 0.1) is 10.8 Å². The van der Waals surface area contributed by atoms with Crippen LogP contribution in [0.1, 0.15) is 25.0 Å². The van der Waals surface area contributed by atoms with Crippen molar-refractivity contribution in [2.24, 2.45) is 5.92 Å². The second-order valence-electron chi connectivity index (χ2n) is 7.61. The number of esters is 1. The van der Waals surface area contributed by atoms with Crippen molar-refractivity contribution in [3.63, 3.8) is 0 Å². The lowest BCUT2D eigenvalue weighted by Crippen LogP contribution is -2.12. The highest BCUT2D eigenvalue weighted by Crippen LogP contribution is 2.12. The lowest BCUT2D eigenvalue weighted by atomic mass is 10.2. The van der Waals surface area contributed by atoms with Crippen LogP contribution >= 0.6 is 54.1 Å². The van der Waals surface area contributed by atoms with Crippen molar-refractivity contribution in [2.75, 3.05) is 23.1 Å². The molecular weight excluding hydrogens is 663 g/mol. The molecule has 3 aromatic carbocycles. The van der Waals surface area contributed by atoms with Crippen LogP contribution in [0.15, 0.2) is 95.9 Å². The molecular formula is C28H34Br2Cl2O4S. The predicted octanol–water partition coefficient (Wildman–Crippen LogP) is 8.29. The van der Waals surface area contributed by atoms with Crippen LogP contribution in [0.25, 0.3) is 0 Å². The molecule has 0 aliphatic heterocycles. The van der Waals surface area contributed by atoms with Crippen LogP contribution in [0.5, 0.6) is 0 Å². The molecule has 204 valence electrons. The summed E-state index contributed by atoms with van der Waals surface area (Å²) in [4.78, 5) is 10.8. The summed E-state index contributed by atoms with van der Waals surface area (Å²) < 4.78 is 26.0. The van der Waals surface area contributed by atoms with E-state index in [4.69, 9.17) is 27.0 Å². The quantitative estimate of drug-likeness (QED) is 0.135. The average molecular weight is 697 g/mol. The highest BCUT2D eigenvalue weighted by Gasteiger charge is 2.07. The van der Waals surface area contributed by atoms with Gasteiger partial charge in [-0.3, -0.25) is 4.79 Å². The maximum Gasteiger partial charge on any atom is 0.308 e. The number of halogens is 4. The fraction of sp³-hybridized carbons (Fsp3) is 0.321. The van der Waals surface area contributed by atoms with Crippen LogP contribution in [0.2, 0.25) is 0 Å². The zero-order valence-electron chi connectivity index (χ0n) is 21.0. The monoisotopic (exact) mass is 694 g/mol. The predicted molar refractivity (Wildman–Crippen MR) is 164 cm³/mol. The van der Waals surface area contributed by atoms with E-state index in [0.717, 1.165) is 18.2 Å². The lowest BCUT2D eigenvalue weighted by Gasteiger charge is -2.03. The first-order valence-electron chi connectivity index (χ1n) is 11.6. The zero-order valence-corrected chi connectivity index (χ0v) is 26.5. The standard InChI is InChI=1S/C8H9Br.C8H9Cl.C6H11BrO2.C6H5ClO2S/c2*9-7-6-8-4-2-1-3-5-8;1-5(2)6(8)9-4-3-7;7-10(8,9)6-4-2-1-3-5-6/h2*1-5H,6-7H2;5H,3-4H2,1-2H3;1-5H. The smallest absolute Gasteiger partial charge is 0.308 e. The van der Waals surface area contributed by atoms with Gasteiger partial charge in [0.1, 0.15) is 6.61 Å². The number of hydrogen-bond donors (Lipinski definition) is 0. The summed E-state index contributed by atoms with van der Waals surface area (Å²) in [6.07, 6.45) is 2.10. The lowest BCUT2D eigenvalue weighted by molar-refractivity contribution is -0.146. The second kappa shape index (κ2) is 22.6. The number of rotatable bonds is 8. The summed E-state index contributed by atoms with van der Waals surface area (Å²) in [5, 5.41) is 1.77. The van der Waals surface area contributed by atoms with Gasteiger partial charge < -0.3 is 4.74 Å². The molecule has 0 aromatic heterocycles. The summed E-state index contributed by atoms with van der Waals surface area (Å²) in [7, 11) is 1.50. The number of hydrogen-bond acceptors (Lipinski definition) is 4. The Morgan fingerprint density at radius 2 is 1.22 bits per heavy atom. The van der Waals surface area contributed by atoms with Gasteiger partial charge >= 0.3 is 5.97 Å². The van der Waals surface area contributed by atoms with Crippen molar-refractivity contribution in [3.8, 4) is 0 Å². The normalized spacial score (nSPS) is 10.0. The molecule has 9 heteroatoms. The Morgan fingerprint density at radius 3 is 1.54 bits per heavy atom. The first kappa shape index (κ1) is 35.6. The number of ether oxygens (including phenoxy) is 1. The van der Waals surface area contributed by atoms with Crippen molar-refractivity contribution in [2.45, 2.75) is 31.6 Å². The van der Waals surface area contributed by atoms with Crippen LogP contribution in [0.3, 0.4) is 0 Å². The van der Waals surface area contributed by atoms with Gasteiger partial charge in [0.25, 0.3) is 9.05 Å². The van der Waals surface area contributed by atoms with E-state index < -0.39 is 9.05 Å². The molecule has 0 aliphatic carbocycles. The minimum absolute atomic E-state index is 0.0101. The molecule has 0 bridgehead atoms. The molecule has 4 nitrogen and oxygen atoms in total. The molecule has 0 fully saturated rings. The van der Waals surface area contributed by atoms with Gasteiger partial charge in [-0.2, -0.15) is 0 Å². The van der Waals surface area contributed by atoms with E-state index in [9.17, 15) is 13.2 Å². The molecule has 3 aromatic rings. The molecule has 0 saturated heterocycles. The van der Waals surface area contributed by atoms with Gasteiger partial charge in [-0.15, -0.1) is 11.6 Å². The summed E-state index contributed by atoms with van der Waals surface area (Å²) in [5.74, 6) is 0.572. The van der Waals surface area contributed by atoms with E-state index in [2.05, 4.69) is 68.3 Å². The van der Waals surface area contributed by atoms with Crippen LogP contribution in [0.4, 0.5) is 0 Å². The van der Waals surface area contributed by atoms with Gasteiger partial charge in [0.15, 0.2) is 0 Å². The summed E-state index contributed by atoms with van der Waals surface area (Å²) >= 11 is 12.1. The Hall–Kier alpha value is -1.38. The summed E-state index contributed by atoms with van der Waals surface area (Å²) in [6, 6.07) is 28.6. The topological polar surface area (TPSA) is 60.4 Å². The molecule has 37 heavy (non-hydrogen) atoms. The average Bonchev–Trinajstić information content (AvgIpc) is 2.90.